The van der Waals surface area contributed by atoms with Gasteiger partial charge in [0, 0.05) is 25.7 Å². The minimum absolute atomic E-state index is 0.0403. The molecule has 0 radical (unpaired) electrons. The molecular weight excluding hydrogens is 307 g/mol. The average molecular weight is 330 g/mol. The lowest BCUT2D eigenvalue weighted by Gasteiger charge is -2.10. The highest BCUT2D eigenvalue weighted by atomic mass is 32.1. The molecule has 22 heavy (non-hydrogen) atoms. The number of nitrogens with zero attached hydrogens (tertiary/aromatic N) is 2. The number of hydrogen-bond donors (Lipinski definition) is 0. The second kappa shape index (κ2) is 9.50. The SMILES string of the molecule is CCC(=O)OCCCCCCn1cc(F)c(=S)n(CC)c1=O. The van der Waals surface area contributed by atoms with Gasteiger partial charge in [0.2, 0.25) is 0 Å². The first-order chi connectivity index (χ1) is 10.5. The van der Waals surface area contributed by atoms with Crippen molar-refractivity contribution < 1.29 is 13.9 Å². The maximum absolute atomic E-state index is 13.7. The first kappa shape index (κ1) is 18.5. The molecule has 5 nitrogen and oxygen atoms in total. The number of unbranched alkanes of at least 4 members (excludes halogenated alkanes) is 3. The van der Waals surface area contributed by atoms with Crippen LogP contribution in [0.3, 0.4) is 0 Å². The van der Waals surface area contributed by atoms with E-state index in [9.17, 15) is 14.0 Å². The number of carbonyl (C=O) groups excluding carboxylic acids is 1. The third-order valence-electron chi connectivity index (χ3n) is 3.36. The second-order valence-electron chi connectivity index (χ2n) is 4.99. The lowest BCUT2D eigenvalue weighted by atomic mass is 10.2. The number of hydrogen-bond acceptors (Lipinski definition) is 4. The maximum Gasteiger partial charge on any atom is 0.329 e. The average Bonchev–Trinajstić information content (AvgIpc) is 2.51. The first-order valence-corrected chi connectivity index (χ1v) is 8.07. The zero-order valence-corrected chi connectivity index (χ0v) is 14.0. The normalized spacial score (nSPS) is 10.7. The molecule has 0 aromatic carbocycles. The molecule has 1 aromatic rings. The molecule has 1 aromatic heterocycles. The molecule has 0 amide bonds. The van der Waals surface area contributed by atoms with Crippen molar-refractivity contribution in [2.45, 2.75) is 59.0 Å². The van der Waals surface area contributed by atoms with Crippen LogP contribution in [-0.2, 0) is 22.6 Å². The van der Waals surface area contributed by atoms with Gasteiger partial charge < -0.3 is 4.74 Å². The molecule has 0 aliphatic heterocycles. The third-order valence-corrected chi connectivity index (χ3v) is 3.77. The Morgan fingerprint density at radius 3 is 2.59 bits per heavy atom. The van der Waals surface area contributed by atoms with E-state index >= 15 is 0 Å². The van der Waals surface area contributed by atoms with E-state index in [2.05, 4.69) is 0 Å². The van der Waals surface area contributed by atoms with Crippen molar-refractivity contribution in [3.05, 3.63) is 27.1 Å². The van der Waals surface area contributed by atoms with Gasteiger partial charge in [-0.05, 0) is 26.2 Å². The summed E-state index contributed by atoms with van der Waals surface area (Å²) in [6.45, 7) is 4.77. The van der Waals surface area contributed by atoms with Crippen LogP contribution < -0.4 is 5.69 Å². The van der Waals surface area contributed by atoms with Gasteiger partial charge in [0.25, 0.3) is 0 Å². The van der Waals surface area contributed by atoms with Crippen molar-refractivity contribution >= 4 is 18.2 Å². The van der Waals surface area contributed by atoms with E-state index < -0.39 is 5.82 Å². The van der Waals surface area contributed by atoms with Crippen LogP contribution >= 0.6 is 12.2 Å². The summed E-state index contributed by atoms with van der Waals surface area (Å²) in [7, 11) is 0. The van der Waals surface area contributed by atoms with Gasteiger partial charge in [0.1, 0.15) is 4.64 Å². The summed E-state index contributed by atoms with van der Waals surface area (Å²) in [4.78, 5) is 23.0. The molecule has 0 saturated carbocycles. The molecule has 0 aliphatic carbocycles. The smallest absolute Gasteiger partial charge is 0.329 e. The van der Waals surface area contributed by atoms with Crippen LogP contribution in [0.2, 0.25) is 0 Å². The first-order valence-electron chi connectivity index (χ1n) is 7.66. The molecule has 1 rings (SSSR count). The Hall–Kier alpha value is -1.50. The molecular formula is C15H23FN2O3S. The number of esters is 1. The summed E-state index contributed by atoms with van der Waals surface area (Å²) >= 11 is 4.89. The van der Waals surface area contributed by atoms with Gasteiger partial charge in [-0.3, -0.25) is 13.9 Å². The van der Waals surface area contributed by atoms with Gasteiger partial charge in [-0.25, -0.2) is 9.18 Å². The zero-order valence-electron chi connectivity index (χ0n) is 13.1. The summed E-state index contributed by atoms with van der Waals surface area (Å²) in [6, 6.07) is 0. The van der Waals surface area contributed by atoms with E-state index in [-0.39, 0.29) is 16.3 Å². The Bertz CT molecular complexity index is 610. The molecule has 7 heteroatoms. The molecule has 0 aliphatic rings. The van der Waals surface area contributed by atoms with Crippen molar-refractivity contribution in [2.24, 2.45) is 0 Å². The predicted molar refractivity (Wildman–Crippen MR) is 84.9 cm³/mol. The Labute approximate surface area is 134 Å². The van der Waals surface area contributed by atoms with E-state index in [0.717, 1.165) is 25.7 Å². The molecule has 0 fully saturated rings. The van der Waals surface area contributed by atoms with Crippen molar-refractivity contribution in [1.82, 2.24) is 9.13 Å². The summed E-state index contributed by atoms with van der Waals surface area (Å²) < 4.78 is 21.2. The van der Waals surface area contributed by atoms with E-state index in [1.807, 2.05) is 0 Å². The summed E-state index contributed by atoms with van der Waals surface area (Å²) in [5.74, 6) is -0.724. The highest BCUT2D eigenvalue weighted by molar-refractivity contribution is 7.71. The maximum atomic E-state index is 13.7. The Kier molecular flexibility index (Phi) is 8.01. The molecule has 0 bridgehead atoms. The van der Waals surface area contributed by atoms with Gasteiger partial charge in [-0.15, -0.1) is 0 Å². The Morgan fingerprint density at radius 2 is 1.95 bits per heavy atom. The fraction of sp³-hybridized carbons (Fsp3) is 0.667. The van der Waals surface area contributed by atoms with Crippen molar-refractivity contribution in [3.63, 3.8) is 0 Å². The predicted octanol–water partition coefficient (Wildman–Crippen LogP) is 3.05. The molecule has 0 spiro atoms. The number of halogens is 1. The fourth-order valence-corrected chi connectivity index (χ4v) is 2.34. The van der Waals surface area contributed by atoms with Crippen LogP contribution in [-0.4, -0.2) is 21.7 Å². The van der Waals surface area contributed by atoms with Gasteiger partial charge in [0.05, 0.1) is 6.61 Å². The molecule has 0 N–H and O–H groups in total. The number of ether oxygens (including phenoxy) is 1. The largest absolute Gasteiger partial charge is 0.466 e. The summed E-state index contributed by atoms with van der Waals surface area (Å²) in [5, 5.41) is 0. The van der Waals surface area contributed by atoms with Crippen LogP contribution in [0, 0.1) is 10.5 Å². The molecule has 1 heterocycles. The molecule has 124 valence electrons. The van der Waals surface area contributed by atoms with E-state index in [1.54, 1.807) is 13.8 Å². The highest BCUT2D eigenvalue weighted by Crippen LogP contribution is 2.04. The minimum atomic E-state index is -0.539. The molecule has 0 saturated heterocycles. The lowest BCUT2D eigenvalue weighted by molar-refractivity contribution is -0.143. The summed E-state index contributed by atoms with van der Waals surface area (Å²) in [5.41, 5.74) is -0.272. The van der Waals surface area contributed by atoms with Gasteiger partial charge in [-0.1, -0.05) is 25.6 Å². The van der Waals surface area contributed by atoms with E-state index in [1.165, 1.54) is 15.3 Å². The molecule has 0 unspecified atom stereocenters. The van der Waals surface area contributed by atoms with Crippen molar-refractivity contribution in [1.29, 1.82) is 0 Å². The van der Waals surface area contributed by atoms with Crippen molar-refractivity contribution in [3.8, 4) is 0 Å². The topological polar surface area (TPSA) is 53.2 Å². The van der Waals surface area contributed by atoms with E-state index in [4.69, 9.17) is 17.0 Å². The fourth-order valence-electron chi connectivity index (χ4n) is 2.08. The van der Waals surface area contributed by atoms with Gasteiger partial charge in [0.15, 0.2) is 5.82 Å². The van der Waals surface area contributed by atoms with Crippen LogP contribution in [0.15, 0.2) is 11.0 Å². The van der Waals surface area contributed by atoms with Crippen LogP contribution in [0.25, 0.3) is 0 Å². The lowest BCUT2D eigenvalue weighted by Crippen LogP contribution is -2.31. The van der Waals surface area contributed by atoms with Crippen LogP contribution in [0.5, 0.6) is 0 Å². The third kappa shape index (κ3) is 5.36. The number of rotatable bonds is 9. The minimum Gasteiger partial charge on any atom is -0.466 e. The van der Waals surface area contributed by atoms with Gasteiger partial charge in [-0.2, -0.15) is 0 Å². The number of carbonyl (C=O) groups is 1. The second-order valence-corrected chi connectivity index (χ2v) is 5.38. The van der Waals surface area contributed by atoms with Gasteiger partial charge >= 0.3 is 11.7 Å². The zero-order chi connectivity index (χ0) is 16.5. The summed E-state index contributed by atoms with van der Waals surface area (Å²) in [6.07, 6.45) is 4.93. The standard InChI is InChI=1S/C15H23FN2O3S/c1-3-13(19)21-10-8-6-5-7-9-17-11-12(16)14(22)18(4-2)15(17)20/h11H,3-10H2,1-2H3. The Balaban J connectivity index is 2.40. The number of aryl methyl sites for hydroxylation is 1. The van der Waals surface area contributed by atoms with Crippen LogP contribution in [0.1, 0.15) is 46.0 Å². The molecule has 0 atom stereocenters. The monoisotopic (exact) mass is 330 g/mol. The Morgan fingerprint density at radius 1 is 1.27 bits per heavy atom. The van der Waals surface area contributed by atoms with Crippen molar-refractivity contribution in [2.75, 3.05) is 6.61 Å². The highest BCUT2D eigenvalue weighted by Gasteiger charge is 2.07. The number of aromatic nitrogens is 2. The van der Waals surface area contributed by atoms with Crippen LogP contribution in [0.4, 0.5) is 4.39 Å². The van der Waals surface area contributed by atoms with E-state index in [0.29, 0.717) is 26.1 Å². The quantitative estimate of drug-likeness (QED) is 0.397.